The molecule has 1 aromatic rings. The van der Waals surface area contributed by atoms with Gasteiger partial charge in [-0.25, -0.2) is 0 Å². The minimum atomic E-state index is 0.0237. The number of methoxy groups -OCH3 is 2. The Morgan fingerprint density at radius 2 is 1.88 bits per heavy atom. The van der Waals surface area contributed by atoms with Gasteiger partial charge in [-0.2, -0.15) is 0 Å². The highest BCUT2D eigenvalue weighted by Crippen LogP contribution is 2.30. The van der Waals surface area contributed by atoms with Crippen molar-refractivity contribution in [2.75, 3.05) is 33.9 Å². The quantitative estimate of drug-likeness (QED) is 0.779. The van der Waals surface area contributed by atoms with E-state index in [9.17, 15) is 9.90 Å². The molecule has 0 spiro atoms. The van der Waals surface area contributed by atoms with E-state index in [2.05, 4.69) is 10.2 Å². The summed E-state index contributed by atoms with van der Waals surface area (Å²) in [4.78, 5) is 14.3. The maximum Gasteiger partial charge on any atom is 0.223 e. The molecule has 1 saturated heterocycles. The molecule has 0 bridgehead atoms. The summed E-state index contributed by atoms with van der Waals surface area (Å²) < 4.78 is 10.6. The van der Waals surface area contributed by atoms with E-state index in [1.54, 1.807) is 14.2 Å². The summed E-state index contributed by atoms with van der Waals surface area (Å²) >= 11 is 0. The summed E-state index contributed by atoms with van der Waals surface area (Å²) in [6.07, 6.45) is 1.99. The number of carbonyl (C=O) groups excluding carboxylic acids is 1. The molecule has 3 rings (SSSR count). The molecule has 6 nitrogen and oxygen atoms in total. The fraction of sp³-hybridized carbons (Fsp3) is 0.611. The Morgan fingerprint density at radius 3 is 2.42 bits per heavy atom. The number of hydrogen-bond acceptors (Lipinski definition) is 5. The third kappa shape index (κ3) is 3.99. The Morgan fingerprint density at radius 1 is 1.21 bits per heavy atom. The summed E-state index contributed by atoms with van der Waals surface area (Å²) in [6, 6.07) is 5.86. The molecule has 1 amide bonds. The fourth-order valence-corrected chi connectivity index (χ4v) is 3.30. The number of nitrogens with one attached hydrogen (secondary N) is 1. The molecule has 0 unspecified atom stereocenters. The van der Waals surface area contributed by atoms with Gasteiger partial charge >= 0.3 is 0 Å². The van der Waals surface area contributed by atoms with E-state index in [0.29, 0.717) is 0 Å². The van der Waals surface area contributed by atoms with Crippen LogP contribution in [0.3, 0.4) is 0 Å². The first kappa shape index (κ1) is 17.0. The van der Waals surface area contributed by atoms with Crippen LogP contribution in [0.5, 0.6) is 11.5 Å². The van der Waals surface area contributed by atoms with E-state index >= 15 is 0 Å². The van der Waals surface area contributed by atoms with Crippen LogP contribution in [0.25, 0.3) is 0 Å². The normalized spacial score (nSPS) is 24.0. The molecule has 2 aliphatic rings. The maximum absolute atomic E-state index is 12.0. The van der Waals surface area contributed by atoms with Gasteiger partial charge < -0.3 is 19.9 Å². The van der Waals surface area contributed by atoms with Crippen molar-refractivity contribution in [3.05, 3.63) is 23.8 Å². The van der Waals surface area contributed by atoms with E-state index in [0.717, 1.165) is 49.5 Å². The van der Waals surface area contributed by atoms with Crippen molar-refractivity contribution < 1.29 is 19.4 Å². The number of amides is 1. The second-order valence-corrected chi connectivity index (χ2v) is 6.75. The van der Waals surface area contributed by atoms with Crippen molar-refractivity contribution in [1.82, 2.24) is 10.2 Å². The Bertz CT molecular complexity index is 566. The van der Waals surface area contributed by atoms with Crippen LogP contribution in [0, 0.1) is 11.8 Å². The van der Waals surface area contributed by atoms with Gasteiger partial charge in [0, 0.05) is 50.2 Å². The molecule has 1 heterocycles. The van der Waals surface area contributed by atoms with Gasteiger partial charge in [-0.3, -0.25) is 9.69 Å². The number of ether oxygens (including phenoxy) is 2. The van der Waals surface area contributed by atoms with E-state index in [-0.39, 0.29) is 30.4 Å². The SMILES string of the molecule is COc1cc(CN2C[C@@H](CO)[C@H](NC(=O)C3CC3)C2)cc(OC)c1. The third-order valence-electron chi connectivity index (χ3n) is 4.84. The molecule has 2 fully saturated rings. The summed E-state index contributed by atoms with van der Waals surface area (Å²) in [7, 11) is 3.28. The molecule has 6 heteroatoms. The van der Waals surface area contributed by atoms with Crippen molar-refractivity contribution in [1.29, 1.82) is 0 Å². The standard InChI is InChI=1S/C18H26N2O4/c1-23-15-5-12(6-16(7-15)24-2)8-20-9-14(11-21)17(10-20)19-18(22)13-3-4-13/h5-7,13-14,17,21H,3-4,8-11H2,1-2H3,(H,19,22)/t14-,17+/m0/s1. The van der Waals surface area contributed by atoms with Gasteiger partial charge in [0.05, 0.1) is 14.2 Å². The zero-order chi connectivity index (χ0) is 17.1. The van der Waals surface area contributed by atoms with Crippen LogP contribution in [0.4, 0.5) is 0 Å². The van der Waals surface area contributed by atoms with E-state index in [4.69, 9.17) is 9.47 Å². The van der Waals surface area contributed by atoms with Crippen molar-refractivity contribution >= 4 is 5.91 Å². The van der Waals surface area contributed by atoms with Crippen LogP contribution in [0.2, 0.25) is 0 Å². The summed E-state index contributed by atoms with van der Waals surface area (Å²) in [6.45, 7) is 2.35. The van der Waals surface area contributed by atoms with E-state index < -0.39 is 0 Å². The van der Waals surface area contributed by atoms with Gasteiger partial charge in [0.1, 0.15) is 11.5 Å². The highest BCUT2D eigenvalue weighted by Gasteiger charge is 2.37. The van der Waals surface area contributed by atoms with Crippen LogP contribution in [0.15, 0.2) is 18.2 Å². The highest BCUT2D eigenvalue weighted by molar-refractivity contribution is 5.81. The van der Waals surface area contributed by atoms with Crippen LogP contribution < -0.4 is 14.8 Å². The van der Waals surface area contributed by atoms with E-state index in [1.807, 2.05) is 18.2 Å². The fourth-order valence-electron chi connectivity index (χ4n) is 3.30. The van der Waals surface area contributed by atoms with Crippen molar-refractivity contribution in [3.63, 3.8) is 0 Å². The second kappa shape index (κ2) is 7.40. The molecule has 24 heavy (non-hydrogen) atoms. The van der Waals surface area contributed by atoms with Crippen molar-refractivity contribution in [2.24, 2.45) is 11.8 Å². The number of aliphatic hydroxyl groups is 1. The number of aliphatic hydroxyl groups excluding tert-OH is 1. The smallest absolute Gasteiger partial charge is 0.223 e. The molecule has 1 aromatic carbocycles. The number of rotatable bonds is 7. The topological polar surface area (TPSA) is 71.0 Å². The zero-order valence-electron chi connectivity index (χ0n) is 14.3. The van der Waals surface area contributed by atoms with Crippen molar-refractivity contribution in [3.8, 4) is 11.5 Å². The second-order valence-electron chi connectivity index (χ2n) is 6.75. The van der Waals surface area contributed by atoms with Gasteiger partial charge in [-0.15, -0.1) is 0 Å². The van der Waals surface area contributed by atoms with Gasteiger partial charge in [0.25, 0.3) is 0 Å². The number of nitrogens with zero attached hydrogens (tertiary/aromatic N) is 1. The first-order chi connectivity index (χ1) is 11.6. The monoisotopic (exact) mass is 334 g/mol. The average molecular weight is 334 g/mol. The van der Waals surface area contributed by atoms with Crippen LogP contribution in [0.1, 0.15) is 18.4 Å². The largest absolute Gasteiger partial charge is 0.497 e. The zero-order valence-corrected chi connectivity index (χ0v) is 14.3. The Balaban J connectivity index is 1.64. The molecule has 2 N–H and O–H groups in total. The van der Waals surface area contributed by atoms with Crippen LogP contribution in [-0.4, -0.2) is 55.9 Å². The molecule has 2 atom stereocenters. The van der Waals surface area contributed by atoms with Gasteiger partial charge in [0.2, 0.25) is 5.91 Å². The Hall–Kier alpha value is -1.79. The first-order valence-corrected chi connectivity index (χ1v) is 8.48. The molecule has 132 valence electrons. The molecular formula is C18H26N2O4. The molecule has 0 aromatic heterocycles. The number of benzene rings is 1. The predicted octanol–water partition coefficient (Wildman–Crippen LogP) is 1.02. The lowest BCUT2D eigenvalue weighted by Crippen LogP contribution is -2.42. The third-order valence-corrected chi connectivity index (χ3v) is 4.84. The van der Waals surface area contributed by atoms with Gasteiger partial charge in [-0.05, 0) is 30.5 Å². The number of carbonyl (C=O) groups is 1. The molecular weight excluding hydrogens is 308 g/mol. The maximum atomic E-state index is 12.0. The molecule has 1 aliphatic heterocycles. The summed E-state index contributed by atoms with van der Waals surface area (Å²) in [5.41, 5.74) is 1.09. The minimum Gasteiger partial charge on any atom is -0.497 e. The lowest BCUT2D eigenvalue weighted by Gasteiger charge is -2.18. The predicted molar refractivity (Wildman–Crippen MR) is 90.1 cm³/mol. The number of hydrogen-bond donors (Lipinski definition) is 2. The molecule has 0 radical (unpaired) electrons. The molecule has 1 aliphatic carbocycles. The molecule has 1 saturated carbocycles. The Labute approximate surface area is 142 Å². The minimum absolute atomic E-state index is 0.0237. The first-order valence-electron chi connectivity index (χ1n) is 8.48. The summed E-state index contributed by atoms with van der Waals surface area (Å²) in [5.74, 6) is 1.95. The van der Waals surface area contributed by atoms with Crippen molar-refractivity contribution in [2.45, 2.75) is 25.4 Å². The number of likely N-dealkylation sites (tertiary alicyclic amines) is 1. The van der Waals surface area contributed by atoms with Gasteiger partial charge in [-0.1, -0.05) is 0 Å². The average Bonchev–Trinajstić information content (AvgIpc) is 3.37. The lowest BCUT2D eigenvalue weighted by molar-refractivity contribution is -0.123. The van der Waals surface area contributed by atoms with Gasteiger partial charge in [0.15, 0.2) is 0 Å². The summed E-state index contributed by atoms with van der Waals surface area (Å²) in [5, 5.41) is 12.7. The Kier molecular flexibility index (Phi) is 5.26. The highest BCUT2D eigenvalue weighted by atomic mass is 16.5. The lowest BCUT2D eigenvalue weighted by atomic mass is 10.1. The van der Waals surface area contributed by atoms with E-state index in [1.165, 1.54) is 0 Å². The van der Waals surface area contributed by atoms with Crippen LogP contribution >= 0.6 is 0 Å². The van der Waals surface area contributed by atoms with Crippen LogP contribution in [-0.2, 0) is 11.3 Å².